The Morgan fingerprint density at radius 1 is 1.23 bits per heavy atom. The van der Waals surface area contributed by atoms with Gasteiger partial charge in [-0.05, 0) is 36.8 Å². The first-order valence-electron chi connectivity index (χ1n) is 8.40. The van der Waals surface area contributed by atoms with Crippen LogP contribution in [0.5, 0.6) is 0 Å². The molecule has 0 saturated carbocycles. The van der Waals surface area contributed by atoms with Crippen molar-refractivity contribution in [2.45, 2.75) is 13.0 Å². The largest absolute Gasteiger partial charge is 0.282 e. The number of rotatable bonds is 3. The van der Waals surface area contributed by atoms with Crippen LogP contribution in [0.2, 0.25) is 0 Å². The molecule has 1 aliphatic heterocycles. The summed E-state index contributed by atoms with van der Waals surface area (Å²) in [6.45, 7) is 2.53. The molecule has 4 rings (SSSR count). The normalized spacial score (nSPS) is 20.2. The summed E-state index contributed by atoms with van der Waals surface area (Å²) in [7, 11) is 0. The predicted octanol–water partition coefficient (Wildman–Crippen LogP) is 2.77. The van der Waals surface area contributed by atoms with E-state index in [-0.39, 0.29) is 17.5 Å². The zero-order valence-corrected chi connectivity index (χ0v) is 15.8. The van der Waals surface area contributed by atoms with Crippen molar-refractivity contribution in [3.8, 4) is 0 Å². The number of hydrogen-bond donors (Lipinski definition) is 2. The fraction of sp³-hybridized carbons (Fsp3) is 0.211. The molecule has 2 N–H and O–H groups in total. The molecule has 0 bridgehead atoms. The van der Waals surface area contributed by atoms with E-state index in [2.05, 4.69) is 49.0 Å². The summed E-state index contributed by atoms with van der Waals surface area (Å²) in [4.78, 5) is 17.2. The van der Waals surface area contributed by atoms with Crippen LogP contribution in [0.1, 0.15) is 17.4 Å². The van der Waals surface area contributed by atoms with Gasteiger partial charge in [-0.25, -0.2) is 10.4 Å². The molecular formula is C19H18BrN5O. The van der Waals surface area contributed by atoms with E-state index in [1.54, 1.807) is 13.0 Å². The first kappa shape index (κ1) is 17.1. The van der Waals surface area contributed by atoms with Crippen LogP contribution in [0.15, 0.2) is 62.9 Å². The smallest absolute Gasteiger partial charge is 0.267 e. The molecule has 0 aliphatic carbocycles. The third kappa shape index (κ3) is 3.21. The van der Waals surface area contributed by atoms with E-state index in [1.165, 1.54) is 4.68 Å². The number of hydrogen-bond acceptors (Lipinski definition) is 5. The van der Waals surface area contributed by atoms with Gasteiger partial charge in [0.1, 0.15) is 5.82 Å². The maximum absolute atomic E-state index is 12.7. The molecule has 3 aromatic rings. The monoisotopic (exact) mass is 411 g/mol. The summed E-state index contributed by atoms with van der Waals surface area (Å²) >= 11 is 3.46. The van der Waals surface area contributed by atoms with Gasteiger partial charge in [0.15, 0.2) is 0 Å². The Morgan fingerprint density at radius 3 is 2.81 bits per heavy atom. The van der Waals surface area contributed by atoms with Crippen molar-refractivity contribution in [3.63, 3.8) is 0 Å². The van der Waals surface area contributed by atoms with Crippen molar-refractivity contribution in [2.24, 2.45) is 11.0 Å². The zero-order chi connectivity index (χ0) is 18.1. The molecular weight excluding hydrogens is 394 g/mol. The van der Waals surface area contributed by atoms with Crippen LogP contribution in [0.3, 0.4) is 0 Å². The van der Waals surface area contributed by atoms with Crippen molar-refractivity contribution in [2.75, 3.05) is 6.54 Å². The number of aryl methyl sites for hydroxylation is 1. The fourth-order valence-corrected chi connectivity index (χ4v) is 3.44. The summed E-state index contributed by atoms with van der Waals surface area (Å²) < 4.78 is 2.42. The zero-order valence-electron chi connectivity index (χ0n) is 14.2. The average Bonchev–Trinajstić information content (AvgIpc) is 3.11. The average molecular weight is 412 g/mol. The van der Waals surface area contributed by atoms with Crippen molar-refractivity contribution < 1.29 is 0 Å². The molecule has 2 aromatic carbocycles. The molecule has 0 spiro atoms. The summed E-state index contributed by atoms with van der Waals surface area (Å²) in [5, 5.41) is 5.03. The number of hydrazine groups is 1. The van der Waals surface area contributed by atoms with Crippen molar-refractivity contribution in [1.29, 1.82) is 0 Å². The van der Waals surface area contributed by atoms with Crippen molar-refractivity contribution in [3.05, 3.63) is 74.7 Å². The highest BCUT2D eigenvalue weighted by Gasteiger charge is 2.27. The minimum atomic E-state index is -0.150. The van der Waals surface area contributed by atoms with Crippen LogP contribution in [0.4, 0.5) is 0 Å². The topological polar surface area (TPSA) is 71.3 Å². The lowest BCUT2D eigenvalue weighted by Crippen LogP contribution is -2.25. The minimum Gasteiger partial charge on any atom is -0.267 e. The van der Waals surface area contributed by atoms with Gasteiger partial charge in [-0.2, -0.15) is 9.78 Å². The molecule has 26 heavy (non-hydrogen) atoms. The lowest BCUT2D eigenvalue weighted by molar-refractivity contribution is 0.555. The molecule has 7 heteroatoms. The molecule has 2 heterocycles. The lowest BCUT2D eigenvalue weighted by atomic mass is 9.96. The van der Waals surface area contributed by atoms with Gasteiger partial charge in [-0.1, -0.05) is 40.2 Å². The second-order valence-corrected chi connectivity index (χ2v) is 7.19. The Labute approximate surface area is 159 Å². The van der Waals surface area contributed by atoms with Crippen LogP contribution in [0, 0.1) is 12.8 Å². The van der Waals surface area contributed by atoms with Gasteiger partial charge < -0.3 is 0 Å². The highest BCUT2D eigenvalue weighted by Crippen LogP contribution is 2.25. The first-order valence-corrected chi connectivity index (χ1v) is 9.19. The van der Waals surface area contributed by atoms with Gasteiger partial charge in [0, 0.05) is 23.1 Å². The van der Waals surface area contributed by atoms with Crippen LogP contribution in [-0.2, 0) is 0 Å². The molecule has 0 amide bonds. The van der Waals surface area contributed by atoms with E-state index in [0.29, 0.717) is 16.7 Å². The van der Waals surface area contributed by atoms with Gasteiger partial charge in [0.2, 0.25) is 0 Å². The Balaban J connectivity index is 1.66. The molecule has 1 fully saturated rings. The Kier molecular flexibility index (Phi) is 4.67. The third-order valence-corrected chi connectivity index (χ3v) is 5.07. The summed E-state index contributed by atoms with van der Waals surface area (Å²) in [5.41, 5.74) is 8.16. The van der Waals surface area contributed by atoms with Crippen LogP contribution >= 0.6 is 15.9 Å². The number of para-hydroxylation sites is 1. The van der Waals surface area contributed by atoms with Gasteiger partial charge in [-0.3, -0.25) is 10.2 Å². The number of nitrogens with zero attached hydrogens (tertiary/aromatic N) is 3. The predicted molar refractivity (Wildman–Crippen MR) is 106 cm³/mol. The molecule has 1 aromatic heterocycles. The second kappa shape index (κ2) is 7.11. The van der Waals surface area contributed by atoms with Crippen LogP contribution < -0.4 is 16.4 Å². The highest BCUT2D eigenvalue weighted by molar-refractivity contribution is 9.10. The molecule has 0 radical (unpaired) electrons. The van der Waals surface area contributed by atoms with E-state index in [0.717, 1.165) is 16.6 Å². The van der Waals surface area contributed by atoms with Gasteiger partial charge >= 0.3 is 0 Å². The number of nitrogens with one attached hydrogen (secondary N) is 2. The van der Waals surface area contributed by atoms with Crippen LogP contribution in [0.25, 0.3) is 10.9 Å². The quantitative estimate of drug-likeness (QED) is 0.650. The van der Waals surface area contributed by atoms with E-state index in [4.69, 9.17) is 0 Å². The van der Waals surface area contributed by atoms with Gasteiger partial charge in [-0.15, -0.1) is 0 Å². The highest BCUT2D eigenvalue weighted by atomic mass is 79.9. The number of aromatic nitrogens is 2. The van der Waals surface area contributed by atoms with E-state index >= 15 is 0 Å². The number of fused-ring (bicyclic) bond motifs is 1. The Hall–Kier alpha value is -2.35. The molecule has 132 valence electrons. The number of halogens is 1. The molecule has 2 unspecified atom stereocenters. The Morgan fingerprint density at radius 2 is 2.00 bits per heavy atom. The van der Waals surface area contributed by atoms with Crippen molar-refractivity contribution in [1.82, 2.24) is 20.5 Å². The lowest BCUT2D eigenvalue weighted by Gasteiger charge is -2.15. The van der Waals surface area contributed by atoms with Gasteiger partial charge in [0.05, 0.1) is 16.9 Å². The Bertz CT molecular complexity index is 1030. The standard InChI is InChI=1S/C19H18BrN5O/c1-12-23-17-5-3-2-4-16(17)19(26)25(12)22-11-14-10-21-24-18(14)13-6-8-15(20)9-7-13/h2-9,11,14,18,21,24H,10H2,1H3/b22-11+. The second-order valence-electron chi connectivity index (χ2n) is 6.28. The van der Waals surface area contributed by atoms with E-state index in [9.17, 15) is 4.79 Å². The first-order chi connectivity index (χ1) is 12.6. The summed E-state index contributed by atoms with van der Waals surface area (Å²) in [5.74, 6) is 0.693. The SMILES string of the molecule is Cc1nc2ccccc2c(=O)n1/N=C/C1CNNC1c1ccc(Br)cc1. The van der Waals surface area contributed by atoms with E-state index < -0.39 is 0 Å². The van der Waals surface area contributed by atoms with E-state index in [1.807, 2.05) is 36.5 Å². The molecule has 6 nitrogen and oxygen atoms in total. The van der Waals surface area contributed by atoms with Crippen molar-refractivity contribution >= 4 is 33.0 Å². The molecule has 2 atom stereocenters. The maximum atomic E-state index is 12.7. The summed E-state index contributed by atoms with van der Waals surface area (Å²) in [6.07, 6.45) is 1.82. The van der Waals surface area contributed by atoms with Crippen LogP contribution in [-0.4, -0.2) is 22.4 Å². The summed E-state index contributed by atoms with van der Waals surface area (Å²) in [6, 6.07) is 15.6. The maximum Gasteiger partial charge on any atom is 0.282 e. The molecule has 1 saturated heterocycles. The fourth-order valence-electron chi connectivity index (χ4n) is 3.17. The number of benzene rings is 2. The third-order valence-electron chi connectivity index (χ3n) is 4.54. The molecule has 1 aliphatic rings. The minimum absolute atomic E-state index is 0.0938. The van der Waals surface area contributed by atoms with Gasteiger partial charge in [0.25, 0.3) is 5.56 Å².